The van der Waals surface area contributed by atoms with Crippen LogP contribution in [-0.4, -0.2) is 16.7 Å². The second-order valence-corrected chi connectivity index (χ2v) is 4.05. The first-order valence-corrected chi connectivity index (χ1v) is 4.68. The van der Waals surface area contributed by atoms with Gasteiger partial charge in [0.25, 0.3) is 6.04 Å². The number of rotatable bonds is 2. The molecule has 1 fully saturated rings. The zero-order valence-corrected chi connectivity index (χ0v) is 8.03. The first-order valence-electron chi connectivity index (χ1n) is 4.68. The van der Waals surface area contributed by atoms with E-state index in [0.29, 0.717) is 24.7 Å². The summed E-state index contributed by atoms with van der Waals surface area (Å²) in [6.45, 7) is 4.11. The summed E-state index contributed by atoms with van der Waals surface area (Å²) in [6.07, 6.45) is 1.64. The quantitative estimate of drug-likeness (QED) is 0.485. The van der Waals surface area contributed by atoms with Crippen LogP contribution in [-0.2, 0) is 4.79 Å². The van der Waals surface area contributed by atoms with Crippen LogP contribution in [0.3, 0.4) is 0 Å². The molecule has 1 aliphatic rings. The van der Waals surface area contributed by atoms with E-state index in [9.17, 15) is 14.9 Å². The lowest BCUT2D eigenvalue weighted by Crippen LogP contribution is -2.37. The molecule has 0 spiro atoms. The molecule has 13 heavy (non-hydrogen) atoms. The summed E-state index contributed by atoms with van der Waals surface area (Å²) in [5, 5.41) is 10.5. The predicted octanol–water partition coefficient (Wildman–Crippen LogP) is 1.66. The summed E-state index contributed by atoms with van der Waals surface area (Å²) in [4.78, 5) is 21.2. The van der Waals surface area contributed by atoms with Crippen LogP contribution in [0.1, 0.15) is 33.1 Å². The van der Waals surface area contributed by atoms with Gasteiger partial charge in [-0.25, -0.2) is 0 Å². The average molecular weight is 185 g/mol. The lowest BCUT2D eigenvalue weighted by atomic mass is 9.79. The molecule has 0 aliphatic heterocycles. The van der Waals surface area contributed by atoms with Gasteiger partial charge in [0.2, 0.25) is 5.78 Å². The fourth-order valence-corrected chi connectivity index (χ4v) is 1.84. The van der Waals surface area contributed by atoms with Crippen LogP contribution in [0, 0.1) is 22.0 Å². The number of nitro groups is 1. The third-order valence-electron chi connectivity index (χ3n) is 2.86. The van der Waals surface area contributed by atoms with Gasteiger partial charge in [0.05, 0.1) is 0 Å². The van der Waals surface area contributed by atoms with E-state index >= 15 is 0 Å². The van der Waals surface area contributed by atoms with Crippen molar-refractivity contribution in [3.05, 3.63) is 10.1 Å². The van der Waals surface area contributed by atoms with Crippen LogP contribution >= 0.6 is 0 Å². The third-order valence-corrected chi connectivity index (χ3v) is 2.86. The molecule has 0 heterocycles. The van der Waals surface area contributed by atoms with Crippen molar-refractivity contribution in [2.24, 2.45) is 11.8 Å². The molecule has 0 amide bonds. The molecule has 1 saturated carbocycles. The molecule has 1 aliphatic carbocycles. The number of carbonyl (C=O) groups is 1. The maximum absolute atomic E-state index is 11.2. The SMILES string of the molecule is CC(C)[C@H]1CCC(=O)[C@@H]([N+](=O)[O-])C1. The Bertz CT molecular complexity index is 225. The second kappa shape index (κ2) is 3.85. The lowest BCUT2D eigenvalue weighted by molar-refractivity contribution is -0.511. The largest absolute Gasteiger partial charge is 0.292 e. The molecule has 0 aromatic rings. The Morgan fingerprint density at radius 2 is 2.15 bits per heavy atom. The van der Waals surface area contributed by atoms with Gasteiger partial charge in [0.15, 0.2) is 0 Å². The van der Waals surface area contributed by atoms with E-state index in [4.69, 9.17) is 0 Å². The van der Waals surface area contributed by atoms with Crippen molar-refractivity contribution in [1.29, 1.82) is 0 Å². The van der Waals surface area contributed by atoms with Crippen LogP contribution in [0.2, 0.25) is 0 Å². The van der Waals surface area contributed by atoms with Gasteiger partial charge in [-0.15, -0.1) is 0 Å². The normalized spacial score (nSPS) is 29.3. The molecule has 74 valence electrons. The van der Waals surface area contributed by atoms with Gasteiger partial charge >= 0.3 is 0 Å². The van der Waals surface area contributed by atoms with E-state index in [0.717, 1.165) is 6.42 Å². The topological polar surface area (TPSA) is 60.2 Å². The van der Waals surface area contributed by atoms with E-state index in [1.54, 1.807) is 0 Å². The first kappa shape index (κ1) is 10.2. The molecule has 4 nitrogen and oxygen atoms in total. The van der Waals surface area contributed by atoms with Crippen molar-refractivity contribution in [2.75, 3.05) is 0 Å². The van der Waals surface area contributed by atoms with E-state index in [1.807, 2.05) is 0 Å². The van der Waals surface area contributed by atoms with Crippen molar-refractivity contribution in [3.63, 3.8) is 0 Å². The van der Waals surface area contributed by atoms with E-state index in [1.165, 1.54) is 0 Å². The maximum atomic E-state index is 11.2. The van der Waals surface area contributed by atoms with Gasteiger partial charge in [0.1, 0.15) is 0 Å². The zero-order chi connectivity index (χ0) is 10.0. The highest BCUT2D eigenvalue weighted by Gasteiger charge is 2.37. The van der Waals surface area contributed by atoms with Crippen LogP contribution < -0.4 is 0 Å². The Labute approximate surface area is 77.5 Å². The molecule has 4 heteroatoms. The van der Waals surface area contributed by atoms with Crippen LogP contribution in [0.25, 0.3) is 0 Å². The van der Waals surface area contributed by atoms with E-state index < -0.39 is 11.0 Å². The van der Waals surface area contributed by atoms with E-state index in [2.05, 4.69) is 13.8 Å². The Balaban J connectivity index is 2.63. The third kappa shape index (κ3) is 2.26. The van der Waals surface area contributed by atoms with Crippen LogP contribution in [0.15, 0.2) is 0 Å². The Kier molecular flexibility index (Phi) is 3.01. The van der Waals surface area contributed by atoms with Crippen LogP contribution in [0.5, 0.6) is 0 Å². The minimum absolute atomic E-state index is 0.193. The first-order chi connectivity index (χ1) is 6.02. The molecule has 0 radical (unpaired) electrons. The monoisotopic (exact) mass is 185 g/mol. The van der Waals surface area contributed by atoms with Crippen molar-refractivity contribution in [1.82, 2.24) is 0 Å². The molecule has 0 aromatic carbocycles. The summed E-state index contributed by atoms with van der Waals surface area (Å²) in [5.74, 6) is 0.588. The Hall–Kier alpha value is -0.930. The number of hydrogen-bond donors (Lipinski definition) is 0. The van der Waals surface area contributed by atoms with E-state index in [-0.39, 0.29) is 5.78 Å². The molecule has 2 atom stereocenters. The summed E-state index contributed by atoms with van der Waals surface area (Å²) < 4.78 is 0. The zero-order valence-electron chi connectivity index (χ0n) is 8.03. The predicted molar refractivity (Wildman–Crippen MR) is 48.0 cm³/mol. The summed E-state index contributed by atoms with van der Waals surface area (Å²) in [5.41, 5.74) is 0. The van der Waals surface area contributed by atoms with Crippen LogP contribution in [0.4, 0.5) is 0 Å². The van der Waals surface area contributed by atoms with Crippen molar-refractivity contribution < 1.29 is 9.72 Å². The molecule has 1 rings (SSSR count). The highest BCUT2D eigenvalue weighted by Crippen LogP contribution is 2.29. The second-order valence-electron chi connectivity index (χ2n) is 4.05. The van der Waals surface area contributed by atoms with Gasteiger partial charge in [-0.1, -0.05) is 13.8 Å². The number of hydrogen-bond acceptors (Lipinski definition) is 3. The van der Waals surface area contributed by atoms with Gasteiger partial charge in [-0.05, 0) is 18.3 Å². The molecule has 0 N–H and O–H groups in total. The minimum atomic E-state index is -0.929. The number of nitrogens with zero attached hydrogens (tertiary/aromatic N) is 1. The summed E-state index contributed by atoms with van der Waals surface area (Å²) in [6, 6.07) is -0.929. The minimum Gasteiger partial charge on any atom is -0.292 e. The molecular weight excluding hydrogens is 170 g/mol. The number of Topliss-reactive ketones (excluding diaryl/α,β-unsaturated/α-hetero) is 1. The molecule has 0 aromatic heterocycles. The summed E-state index contributed by atoms with van der Waals surface area (Å²) in [7, 11) is 0. The lowest BCUT2D eigenvalue weighted by Gasteiger charge is -2.25. The van der Waals surface area contributed by atoms with Gasteiger partial charge in [-0.2, -0.15) is 0 Å². The van der Waals surface area contributed by atoms with Crippen molar-refractivity contribution in [2.45, 2.75) is 39.2 Å². The van der Waals surface area contributed by atoms with Crippen molar-refractivity contribution >= 4 is 5.78 Å². The smallest absolute Gasteiger partial charge is 0.270 e. The molecule has 0 saturated heterocycles. The Morgan fingerprint density at radius 3 is 2.62 bits per heavy atom. The fourth-order valence-electron chi connectivity index (χ4n) is 1.84. The highest BCUT2D eigenvalue weighted by molar-refractivity contribution is 5.83. The van der Waals surface area contributed by atoms with Gasteiger partial charge in [0, 0.05) is 17.8 Å². The molecule has 0 bridgehead atoms. The standard InChI is InChI=1S/C9H15NO3/c1-6(2)7-3-4-9(11)8(5-7)10(12)13/h6-8H,3-5H2,1-2H3/t7-,8-/m0/s1. The van der Waals surface area contributed by atoms with Gasteiger partial charge < -0.3 is 0 Å². The summed E-state index contributed by atoms with van der Waals surface area (Å²) >= 11 is 0. The van der Waals surface area contributed by atoms with Gasteiger partial charge in [-0.3, -0.25) is 14.9 Å². The average Bonchev–Trinajstić information content (AvgIpc) is 2.04. The fraction of sp³-hybridized carbons (Fsp3) is 0.889. The maximum Gasteiger partial charge on any atom is 0.270 e. The van der Waals surface area contributed by atoms with Crippen molar-refractivity contribution in [3.8, 4) is 0 Å². The molecule has 0 unspecified atom stereocenters. The number of ketones is 1. The Morgan fingerprint density at radius 1 is 1.54 bits per heavy atom. The highest BCUT2D eigenvalue weighted by atomic mass is 16.6. The number of carbonyl (C=O) groups excluding carboxylic acids is 1. The molecular formula is C9H15NO3.